The summed E-state index contributed by atoms with van der Waals surface area (Å²) in [5, 5.41) is 2.66. The number of hydrogen-bond acceptors (Lipinski definition) is 3. The van der Waals surface area contributed by atoms with Gasteiger partial charge in [0.15, 0.2) is 0 Å². The minimum atomic E-state index is -3.88. The van der Waals surface area contributed by atoms with Gasteiger partial charge in [0.1, 0.15) is 12.4 Å². The number of anilines is 1. The predicted octanol–water partition coefficient (Wildman–Crippen LogP) is 2.53. The quantitative estimate of drug-likeness (QED) is 0.923. The topological polar surface area (TPSA) is 66.5 Å². The highest BCUT2D eigenvalue weighted by atomic mass is 32.2. The number of halogens is 1. The molecule has 0 spiro atoms. The van der Waals surface area contributed by atoms with E-state index in [-0.39, 0.29) is 11.4 Å². The van der Waals surface area contributed by atoms with Crippen LogP contribution >= 0.6 is 0 Å². The van der Waals surface area contributed by atoms with Crippen LogP contribution in [0.2, 0.25) is 0 Å². The molecule has 1 aliphatic rings. The Morgan fingerprint density at radius 3 is 2.67 bits per heavy atom. The molecule has 1 N–H and O–H groups in total. The predicted molar refractivity (Wildman–Crippen MR) is 89.7 cm³/mol. The highest BCUT2D eigenvalue weighted by molar-refractivity contribution is 7.93. The third-order valence-corrected chi connectivity index (χ3v) is 5.65. The summed E-state index contributed by atoms with van der Waals surface area (Å²) >= 11 is 0. The van der Waals surface area contributed by atoms with Gasteiger partial charge in [0.05, 0.1) is 10.6 Å². The first-order valence-corrected chi connectivity index (χ1v) is 9.07. The van der Waals surface area contributed by atoms with Gasteiger partial charge in [-0.25, -0.2) is 12.8 Å². The van der Waals surface area contributed by atoms with Gasteiger partial charge >= 0.3 is 0 Å². The van der Waals surface area contributed by atoms with E-state index in [2.05, 4.69) is 5.32 Å². The molecule has 1 heterocycles. The molecule has 2 aromatic rings. The van der Waals surface area contributed by atoms with E-state index in [4.69, 9.17) is 0 Å². The van der Waals surface area contributed by atoms with Crippen LogP contribution in [0.1, 0.15) is 13.3 Å². The van der Waals surface area contributed by atoms with Gasteiger partial charge in [-0.1, -0.05) is 25.1 Å². The van der Waals surface area contributed by atoms with Gasteiger partial charge < -0.3 is 5.32 Å². The number of benzene rings is 2. The largest absolute Gasteiger partial charge is 0.355 e. The maximum Gasteiger partial charge on any atom is 0.265 e. The van der Waals surface area contributed by atoms with Gasteiger partial charge in [-0.3, -0.25) is 9.10 Å². The summed E-state index contributed by atoms with van der Waals surface area (Å²) in [5.74, 6) is -0.853. The van der Waals surface area contributed by atoms with Crippen LogP contribution in [0.4, 0.5) is 10.1 Å². The molecule has 0 fully saturated rings. The van der Waals surface area contributed by atoms with E-state index in [1.165, 1.54) is 24.3 Å². The molecule has 7 heteroatoms. The van der Waals surface area contributed by atoms with E-state index >= 15 is 0 Å². The third-order valence-electron chi connectivity index (χ3n) is 3.83. The number of amides is 1. The van der Waals surface area contributed by atoms with Crippen molar-refractivity contribution in [2.45, 2.75) is 18.2 Å². The minimum Gasteiger partial charge on any atom is -0.355 e. The summed E-state index contributed by atoms with van der Waals surface area (Å²) in [7, 11) is -3.88. The Bertz CT molecular complexity index is 896. The second-order valence-electron chi connectivity index (χ2n) is 5.52. The summed E-state index contributed by atoms with van der Waals surface area (Å²) in [4.78, 5) is 12.1. The molecule has 126 valence electrons. The van der Waals surface area contributed by atoms with E-state index in [1.54, 1.807) is 18.2 Å². The Morgan fingerprint density at radius 2 is 1.92 bits per heavy atom. The standard InChI is InChI=1S/C17H17FN2O3S/c1-2-9-19-17(21)11-20-15-8-7-12(18)10-14(15)13-5-3-4-6-16(13)24(20,22)23/h3-8,10H,2,9,11H2,1H3,(H,19,21). The van der Waals surface area contributed by atoms with Crippen molar-refractivity contribution in [1.82, 2.24) is 5.32 Å². The number of nitrogens with zero attached hydrogens (tertiary/aromatic N) is 1. The normalized spacial score (nSPS) is 14.7. The SMILES string of the molecule is CCCNC(=O)CN1c2ccc(F)cc2-c2ccccc2S1(=O)=O. The van der Waals surface area contributed by atoms with Crippen LogP contribution < -0.4 is 9.62 Å². The van der Waals surface area contributed by atoms with Crippen LogP contribution in [-0.4, -0.2) is 27.4 Å². The molecule has 0 bridgehead atoms. The van der Waals surface area contributed by atoms with E-state index in [0.717, 1.165) is 10.7 Å². The molecule has 2 aromatic carbocycles. The molecule has 0 saturated carbocycles. The van der Waals surface area contributed by atoms with Gasteiger partial charge in [-0.15, -0.1) is 0 Å². The van der Waals surface area contributed by atoms with Crippen LogP contribution in [-0.2, 0) is 14.8 Å². The summed E-state index contributed by atoms with van der Waals surface area (Å²) in [6.45, 7) is 2.04. The lowest BCUT2D eigenvalue weighted by atomic mass is 10.0. The maximum absolute atomic E-state index is 13.7. The summed E-state index contributed by atoms with van der Waals surface area (Å²) in [5.41, 5.74) is 1.21. The Balaban J connectivity index is 2.12. The second kappa shape index (κ2) is 6.24. The molecule has 0 atom stereocenters. The molecule has 0 radical (unpaired) electrons. The molecular weight excluding hydrogens is 331 g/mol. The molecule has 24 heavy (non-hydrogen) atoms. The smallest absolute Gasteiger partial charge is 0.265 e. The molecule has 1 amide bonds. The Hall–Kier alpha value is -2.41. The number of sulfonamides is 1. The van der Waals surface area contributed by atoms with E-state index < -0.39 is 21.7 Å². The van der Waals surface area contributed by atoms with Crippen molar-refractivity contribution in [2.24, 2.45) is 0 Å². The lowest BCUT2D eigenvalue weighted by Gasteiger charge is -2.31. The number of fused-ring (bicyclic) bond motifs is 3. The molecule has 1 aliphatic heterocycles. The van der Waals surface area contributed by atoms with E-state index in [1.807, 2.05) is 6.92 Å². The van der Waals surface area contributed by atoms with Crippen molar-refractivity contribution < 1.29 is 17.6 Å². The highest BCUT2D eigenvalue weighted by Gasteiger charge is 2.35. The number of carbonyl (C=O) groups is 1. The first kappa shape index (κ1) is 16.4. The maximum atomic E-state index is 13.7. The number of hydrogen-bond donors (Lipinski definition) is 1. The van der Waals surface area contributed by atoms with Crippen LogP contribution in [0, 0.1) is 5.82 Å². The van der Waals surface area contributed by atoms with Crippen molar-refractivity contribution in [3.8, 4) is 11.1 Å². The van der Waals surface area contributed by atoms with Gasteiger partial charge in [0.25, 0.3) is 10.0 Å². The number of rotatable bonds is 4. The van der Waals surface area contributed by atoms with Crippen LogP contribution in [0.15, 0.2) is 47.4 Å². The minimum absolute atomic E-state index is 0.0754. The molecule has 0 aromatic heterocycles. The molecule has 0 unspecified atom stereocenters. The van der Waals surface area contributed by atoms with Crippen molar-refractivity contribution in [2.75, 3.05) is 17.4 Å². The first-order valence-electron chi connectivity index (χ1n) is 7.63. The Labute approximate surface area is 140 Å². The fraction of sp³-hybridized carbons (Fsp3) is 0.235. The average molecular weight is 348 g/mol. The zero-order valence-corrected chi connectivity index (χ0v) is 13.9. The van der Waals surface area contributed by atoms with Crippen molar-refractivity contribution in [1.29, 1.82) is 0 Å². The summed E-state index contributed by atoms with van der Waals surface area (Å²) < 4.78 is 40.6. The molecule has 0 aliphatic carbocycles. The molecular formula is C17H17FN2O3S. The fourth-order valence-corrected chi connectivity index (χ4v) is 4.37. The third kappa shape index (κ3) is 2.75. The zero-order chi connectivity index (χ0) is 17.3. The highest BCUT2D eigenvalue weighted by Crippen LogP contribution is 2.42. The lowest BCUT2D eigenvalue weighted by molar-refractivity contribution is -0.119. The average Bonchev–Trinajstić information content (AvgIpc) is 2.57. The van der Waals surface area contributed by atoms with Gasteiger partial charge in [-0.2, -0.15) is 0 Å². The van der Waals surface area contributed by atoms with Crippen LogP contribution in [0.5, 0.6) is 0 Å². The second-order valence-corrected chi connectivity index (χ2v) is 7.35. The zero-order valence-electron chi connectivity index (χ0n) is 13.1. The Morgan fingerprint density at radius 1 is 1.17 bits per heavy atom. The molecule has 5 nitrogen and oxygen atoms in total. The summed E-state index contributed by atoms with van der Waals surface area (Å²) in [6, 6.07) is 10.3. The Kier molecular flexibility index (Phi) is 4.28. The lowest BCUT2D eigenvalue weighted by Crippen LogP contribution is -2.42. The van der Waals surface area contributed by atoms with E-state index in [9.17, 15) is 17.6 Å². The number of carbonyl (C=O) groups excluding carboxylic acids is 1. The first-order chi connectivity index (χ1) is 11.4. The van der Waals surface area contributed by atoms with Gasteiger partial charge in [-0.05, 0) is 30.7 Å². The number of nitrogens with one attached hydrogen (secondary N) is 1. The van der Waals surface area contributed by atoms with Crippen LogP contribution in [0.25, 0.3) is 11.1 Å². The molecule has 0 saturated heterocycles. The van der Waals surface area contributed by atoms with Gasteiger partial charge in [0, 0.05) is 17.7 Å². The van der Waals surface area contributed by atoms with Crippen molar-refractivity contribution in [3.05, 3.63) is 48.3 Å². The van der Waals surface area contributed by atoms with Crippen LogP contribution in [0.3, 0.4) is 0 Å². The monoisotopic (exact) mass is 348 g/mol. The van der Waals surface area contributed by atoms with Gasteiger partial charge in [0.2, 0.25) is 5.91 Å². The van der Waals surface area contributed by atoms with E-state index in [0.29, 0.717) is 23.4 Å². The molecule has 3 rings (SSSR count). The van der Waals surface area contributed by atoms with Crippen molar-refractivity contribution >= 4 is 21.6 Å². The fourth-order valence-electron chi connectivity index (χ4n) is 2.72. The summed E-state index contributed by atoms with van der Waals surface area (Å²) in [6.07, 6.45) is 0.753. The van der Waals surface area contributed by atoms with Crippen molar-refractivity contribution in [3.63, 3.8) is 0 Å².